The van der Waals surface area contributed by atoms with E-state index in [9.17, 15) is 4.79 Å². The van der Waals surface area contributed by atoms with Crippen molar-refractivity contribution < 1.29 is 4.79 Å². The van der Waals surface area contributed by atoms with Gasteiger partial charge in [0.2, 0.25) is 0 Å². The number of carbonyl (C=O) groups excluding carboxylic acids is 1. The van der Waals surface area contributed by atoms with Crippen molar-refractivity contribution in [2.45, 2.75) is 38.3 Å². The molecule has 1 aromatic heterocycles. The number of nitrogens with zero attached hydrogens (tertiary/aromatic N) is 4. The summed E-state index contributed by atoms with van der Waals surface area (Å²) in [6, 6.07) is 0.848. The van der Waals surface area contributed by atoms with Gasteiger partial charge in [0.15, 0.2) is 6.29 Å². The Morgan fingerprint density at radius 2 is 2.29 bits per heavy atom. The Morgan fingerprint density at radius 1 is 1.41 bits per heavy atom. The highest BCUT2D eigenvalue weighted by Gasteiger charge is 2.31. The van der Waals surface area contributed by atoms with Crippen LogP contribution < -0.4 is 0 Å². The van der Waals surface area contributed by atoms with Crippen LogP contribution in [0.1, 0.15) is 36.2 Å². The Kier molecular flexibility index (Phi) is 2.93. The summed E-state index contributed by atoms with van der Waals surface area (Å²) in [5.41, 5.74) is 0.429. The largest absolute Gasteiger partial charge is 0.300 e. The van der Waals surface area contributed by atoms with Gasteiger partial charge in [0.1, 0.15) is 5.69 Å². The number of carbonyl (C=O) groups is 1. The normalized spacial score (nSPS) is 26.0. The number of aldehydes is 1. The van der Waals surface area contributed by atoms with Gasteiger partial charge in [-0.15, -0.1) is 5.10 Å². The Balaban J connectivity index is 1.54. The molecule has 92 valence electrons. The van der Waals surface area contributed by atoms with Crippen molar-refractivity contribution in [1.82, 2.24) is 19.9 Å². The molecular weight excluding hydrogens is 216 g/mol. The van der Waals surface area contributed by atoms with E-state index >= 15 is 0 Å². The summed E-state index contributed by atoms with van der Waals surface area (Å²) >= 11 is 0. The van der Waals surface area contributed by atoms with E-state index in [4.69, 9.17) is 0 Å². The van der Waals surface area contributed by atoms with Gasteiger partial charge in [-0.2, -0.15) is 0 Å². The molecule has 2 aliphatic rings. The third kappa shape index (κ3) is 2.24. The third-order valence-electron chi connectivity index (χ3n) is 4.03. The predicted molar refractivity (Wildman–Crippen MR) is 62.7 cm³/mol. The number of aromatic nitrogens is 3. The van der Waals surface area contributed by atoms with E-state index in [1.807, 2.05) is 0 Å². The maximum absolute atomic E-state index is 10.5. The Bertz CT molecular complexity index is 399. The predicted octanol–water partition coefficient (Wildman–Crippen LogP) is 0.965. The smallest absolute Gasteiger partial charge is 0.171 e. The first-order valence-electron chi connectivity index (χ1n) is 6.44. The van der Waals surface area contributed by atoms with Crippen LogP contribution in [0.4, 0.5) is 0 Å². The highest BCUT2D eigenvalue weighted by atomic mass is 16.1. The van der Waals surface area contributed by atoms with Crippen LogP contribution in [0.3, 0.4) is 0 Å². The van der Waals surface area contributed by atoms with E-state index in [0.717, 1.165) is 18.9 Å². The number of likely N-dealkylation sites (tertiary alicyclic amines) is 1. The average Bonchev–Trinajstić information content (AvgIpc) is 2.86. The molecule has 1 aliphatic carbocycles. The van der Waals surface area contributed by atoms with Crippen LogP contribution in [0, 0.1) is 5.92 Å². The lowest BCUT2D eigenvalue weighted by molar-refractivity contribution is 0.111. The molecule has 0 N–H and O–H groups in total. The second-order valence-corrected chi connectivity index (χ2v) is 5.22. The van der Waals surface area contributed by atoms with Crippen molar-refractivity contribution in [3.05, 3.63) is 11.9 Å². The van der Waals surface area contributed by atoms with Gasteiger partial charge < -0.3 is 4.90 Å². The van der Waals surface area contributed by atoms with Gasteiger partial charge >= 0.3 is 0 Å². The SMILES string of the molecule is O=Cc1cn(CC2CCN(C3CCC3)C2)nn1. The molecule has 17 heavy (non-hydrogen) atoms. The van der Waals surface area contributed by atoms with Gasteiger partial charge in [-0.3, -0.25) is 9.48 Å². The maximum atomic E-state index is 10.5. The van der Waals surface area contributed by atoms with E-state index < -0.39 is 0 Å². The van der Waals surface area contributed by atoms with Gasteiger partial charge in [-0.05, 0) is 31.7 Å². The molecule has 1 atom stereocenters. The minimum atomic E-state index is 0.429. The molecule has 2 heterocycles. The van der Waals surface area contributed by atoms with Crippen molar-refractivity contribution >= 4 is 6.29 Å². The van der Waals surface area contributed by atoms with Gasteiger partial charge in [0.25, 0.3) is 0 Å². The van der Waals surface area contributed by atoms with Gasteiger partial charge in [0.05, 0.1) is 6.20 Å². The number of rotatable bonds is 4. The van der Waals surface area contributed by atoms with Crippen LogP contribution in [0.25, 0.3) is 0 Å². The zero-order valence-corrected chi connectivity index (χ0v) is 9.96. The van der Waals surface area contributed by atoms with E-state index in [1.54, 1.807) is 10.9 Å². The van der Waals surface area contributed by atoms with Crippen molar-refractivity contribution in [2.24, 2.45) is 5.92 Å². The minimum Gasteiger partial charge on any atom is -0.300 e. The van der Waals surface area contributed by atoms with E-state index in [2.05, 4.69) is 15.2 Å². The second-order valence-electron chi connectivity index (χ2n) is 5.22. The molecule has 1 aromatic rings. The zero-order chi connectivity index (χ0) is 11.7. The molecular formula is C12H18N4O. The molecule has 0 spiro atoms. The van der Waals surface area contributed by atoms with Crippen molar-refractivity contribution in [2.75, 3.05) is 13.1 Å². The van der Waals surface area contributed by atoms with Gasteiger partial charge in [-0.25, -0.2) is 0 Å². The summed E-state index contributed by atoms with van der Waals surface area (Å²) in [7, 11) is 0. The molecule has 2 fully saturated rings. The van der Waals surface area contributed by atoms with Crippen LogP contribution in [0.15, 0.2) is 6.20 Å². The van der Waals surface area contributed by atoms with Crippen LogP contribution in [0.2, 0.25) is 0 Å². The van der Waals surface area contributed by atoms with Crippen LogP contribution in [0.5, 0.6) is 0 Å². The fraction of sp³-hybridized carbons (Fsp3) is 0.750. The van der Waals surface area contributed by atoms with Crippen LogP contribution in [-0.2, 0) is 6.54 Å². The number of hydrogen-bond acceptors (Lipinski definition) is 4. The first-order chi connectivity index (χ1) is 8.35. The van der Waals surface area contributed by atoms with E-state index in [1.165, 1.54) is 38.8 Å². The highest BCUT2D eigenvalue weighted by Crippen LogP contribution is 2.30. The minimum absolute atomic E-state index is 0.429. The molecule has 0 amide bonds. The molecule has 5 heteroatoms. The molecule has 0 radical (unpaired) electrons. The second kappa shape index (κ2) is 4.56. The van der Waals surface area contributed by atoms with Crippen LogP contribution >= 0.6 is 0 Å². The molecule has 1 unspecified atom stereocenters. The summed E-state index contributed by atoms with van der Waals surface area (Å²) in [5, 5.41) is 7.76. The molecule has 1 saturated heterocycles. The maximum Gasteiger partial charge on any atom is 0.171 e. The molecule has 3 rings (SSSR count). The van der Waals surface area contributed by atoms with Gasteiger partial charge in [0, 0.05) is 19.1 Å². The summed E-state index contributed by atoms with van der Waals surface area (Å²) in [5.74, 6) is 0.664. The molecule has 5 nitrogen and oxygen atoms in total. The lowest BCUT2D eigenvalue weighted by atomic mass is 9.92. The first-order valence-corrected chi connectivity index (χ1v) is 6.44. The van der Waals surface area contributed by atoms with Crippen molar-refractivity contribution in [3.8, 4) is 0 Å². The lowest BCUT2D eigenvalue weighted by Gasteiger charge is -2.34. The van der Waals surface area contributed by atoms with Gasteiger partial charge in [-0.1, -0.05) is 11.6 Å². The molecule has 1 aliphatic heterocycles. The average molecular weight is 234 g/mol. The molecule has 0 aromatic carbocycles. The Labute approximate surface area is 101 Å². The summed E-state index contributed by atoms with van der Waals surface area (Å²) in [4.78, 5) is 13.1. The van der Waals surface area contributed by atoms with E-state index in [0.29, 0.717) is 11.6 Å². The monoisotopic (exact) mass is 234 g/mol. The molecule has 0 bridgehead atoms. The first kappa shape index (κ1) is 10.9. The Morgan fingerprint density at radius 3 is 2.94 bits per heavy atom. The quantitative estimate of drug-likeness (QED) is 0.728. The summed E-state index contributed by atoms with van der Waals surface area (Å²) in [6.07, 6.45) is 7.89. The van der Waals surface area contributed by atoms with E-state index in [-0.39, 0.29) is 0 Å². The zero-order valence-electron chi connectivity index (χ0n) is 9.96. The fourth-order valence-corrected chi connectivity index (χ4v) is 2.82. The summed E-state index contributed by atoms with van der Waals surface area (Å²) < 4.78 is 1.80. The van der Waals surface area contributed by atoms with Crippen molar-refractivity contribution in [1.29, 1.82) is 0 Å². The lowest BCUT2D eigenvalue weighted by Crippen LogP contribution is -2.38. The third-order valence-corrected chi connectivity index (χ3v) is 4.03. The highest BCUT2D eigenvalue weighted by molar-refractivity contribution is 5.70. The Hall–Kier alpha value is -1.23. The standard InChI is InChI=1S/C12H18N4O/c17-9-11-8-16(14-13-11)7-10-4-5-15(6-10)12-2-1-3-12/h8-10,12H,1-7H2. The molecule has 1 saturated carbocycles. The number of hydrogen-bond donors (Lipinski definition) is 0. The topological polar surface area (TPSA) is 51.0 Å². The van der Waals surface area contributed by atoms with Crippen molar-refractivity contribution in [3.63, 3.8) is 0 Å². The summed E-state index contributed by atoms with van der Waals surface area (Å²) in [6.45, 7) is 3.30. The fourth-order valence-electron chi connectivity index (χ4n) is 2.82. The van der Waals surface area contributed by atoms with Crippen LogP contribution in [-0.4, -0.2) is 45.3 Å².